The van der Waals surface area contributed by atoms with Crippen LogP contribution < -0.4 is 9.47 Å². The maximum Gasteiger partial charge on any atom is 0.236 e. The van der Waals surface area contributed by atoms with Crippen molar-refractivity contribution in [2.75, 3.05) is 34.4 Å². The van der Waals surface area contributed by atoms with E-state index in [4.69, 9.17) is 9.47 Å². The molecular weight excluding hydrogens is 431 g/mol. The van der Waals surface area contributed by atoms with Crippen molar-refractivity contribution in [2.45, 2.75) is 25.4 Å². The van der Waals surface area contributed by atoms with Crippen LogP contribution in [0.25, 0.3) is 0 Å². The summed E-state index contributed by atoms with van der Waals surface area (Å²) < 4.78 is 24.6. The first-order valence-electron chi connectivity index (χ1n) is 11.5. The summed E-state index contributed by atoms with van der Waals surface area (Å²) in [6.45, 7) is 1.62. The van der Waals surface area contributed by atoms with Crippen molar-refractivity contribution in [3.63, 3.8) is 0 Å². The number of benzene rings is 3. The fourth-order valence-corrected chi connectivity index (χ4v) is 4.59. The summed E-state index contributed by atoms with van der Waals surface area (Å²) >= 11 is 0. The summed E-state index contributed by atoms with van der Waals surface area (Å²) in [6.07, 6.45) is 1.48. The molecule has 0 aromatic heterocycles. The summed E-state index contributed by atoms with van der Waals surface area (Å²) in [5.74, 6) is 1.18. The Bertz CT molecular complexity index is 1120. The number of likely N-dealkylation sites (N-methyl/N-ethyl adjacent to an activating group) is 1. The molecule has 0 saturated heterocycles. The zero-order valence-electron chi connectivity index (χ0n) is 20.0. The highest BCUT2D eigenvalue weighted by Crippen LogP contribution is 2.39. The van der Waals surface area contributed by atoms with E-state index in [2.05, 4.69) is 4.90 Å². The number of carbonyl (C=O) groups is 1. The maximum atomic E-state index is 13.5. The highest BCUT2D eigenvalue weighted by molar-refractivity contribution is 5.78. The lowest BCUT2D eigenvalue weighted by Crippen LogP contribution is -2.43. The van der Waals surface area contributed by atoms with Crippen molar-refractivity contribution in [2.24, 2.45) is 0 Å². The Morgan fingerprint density at radius 1 is 1.00 bits per heavy atom. The van der Waals surface area contributed by atoms with Gasteiger partial charge in [0.1, 0.15) is 5.82 Å². The van der Waals surface area contributed by atoms with Crippen LogP contribution in [0, 0.1) is 5.82 Å². The monoisotopic (exact) mass is 462 g/mol. The molecule has 0 aliphatic carbocycles. The molecule has 0 spiro atoms. The minimum Gasteiger partial charge on any atom is -0.493 e. The smallest absolute Gasteiger partial charge is 0.236 e. The highest BCUT2D eigenvalue weighted by atomic mass is 19.1. The van der Waals surface area contributed by atoms with Gasteiger partial charge in [0.05, 0.1) is 20.8 Å². The van der Waals surface area contributed by atoms with E-state index in [1.807, 2.05) is 61.6 Å². The molecule has 0 radical (unpaired) electrons. The van der Waals surface area contributed by atoms with E-state index in [-0.39, 0.29) is 17.8 Å². The first-order chi connectivity index (χ1) is 16.5. The molecule has 1 aliphatic heterocycles. The van der Waals surface area contributed by atoms with Crippen molar-refractivity contribution in [3.05, 3.63) is 94.8 Å². The van der Waals surface area contributed by atoms with Gasteiger partial charge in [0, 0.05) is 26.2 Å². The topological polar surface area (TPSA) is 42.0 Å². The molecule has 1 heterocycles. The van der Waals surface area contributed by atoms with Crippen LogP contribution in [-0.2, 0) is 24.2 Å². The summed E-state index contributed by atoms with van der Waals surface area (Å²) in [7, 11) is 5.11. The van der Waals surface area contributed by atoms with Gasteiger partial charge in [-0.3, -0.25) is 9.69 Å². The zero-order valence-corrected chi connectivity index (χ0v) is 20.0. The van der Waals surface area contributed by atoms with Gasteiger partial charge in [0.2, 0.25) is 5.91 Å². The Balaban J connectivity index is 1.60. The molecule has 5 nitrogen and oxygen atoms in total. The largest absolute Gasteiger partial charge is 0.493 e. The normalized spacial score (nSPS) is 15.5. The van der Waals surface area contributed by atoms with Gasteiger partial charge in [-0.2, -0.15) is 0 Å². The number of ether oxygens (including phenoxy) is 2. The van der Waals surface area contributed by atoms with Crippen LogP contribution in [0.15, 0.2) is 66.7 Å². The lowest BCUT2D eigenvalue weighted by molar-refractivity contribution is -0.132. The molecule has 0 fully saturated rings. The molecule has 0 saturated carbocycles. The Morgan fingerprint density at radius 2 is 1.68 bits per heavy atom. The molecule has 0 N–H and O–H groups in total. The molecule has 1 aliphatic rings. The van der Waals surface area contributed by atoms with Crippen LogP contribution in [0.4, 0.5) is 4.39 Å². The molecule has 3 aromatic carbocycles. The van der Waals surface area contributed by atoms with Gasteiger partial charge in [-0.1, -0.05) is 42.5 Å². The number of rotatable bonds is 8. The third-order valence-corrected chi connectivity index (χ3v) is 6.48. The molecule has 1 atom stereocenters. The Hall–Kier alpha value is -3.38. The Morgan fingerprint density at radius 3 is 2.35 bits per heavy atom. The number of carbonyl (C=O) groups excluding carboxylic acids is 1. The molecular formula is C28H31FN2O3. The van der Waals surface area contributed by atoms with Crippen molar-refractivity contribution in [1.29, 1.82) is 0 Å². The lowest BCUT2D eigenvalue weighted by atomic mass is 9.88. The van der Waals surface area contributed by atoms with Gasteiger partial charge >= 0.3 is 0 Å². The molecule has 6 heteroatoms. The standard InChI is InChI=1S/C28H31FN2O3/c1-30(18-21-7-5-4-6-8-21)28(32)19-31-14-13-22-16-26(33-2)27(34-3)17-24(22)25(31)15-20-9-11-23(29)12-10-20/h4-12,16-17,25H,13-15,18-19H2,1-3H3. The van der Waals surface area contributed by atoms with Crippen molar-refractivity contribution in [1.82, 2.24) is 9.80 Å². The van der Waals surface area contributed by atoms with Gasteiger partial charge < -0.3 is 14.4 Å². The molecule has 1 unspecified atom stereocenters. The van der Waals surface area contributed by atoms with E-state index in [0.717, 1.165) is 29.7 Å². The molecule has 178 valence electrons. The Kier molecular flexibility index (Phi) is 7.48. The van der Waals surface area contributed by atoms with Crippen molar-refractivity contribution < 1.29 is 18.7 Å². The van der Waals surface area contributed by atoms with Gasteiger partial charge in [0.15, 0.2) is 11.5 Å². The van der Waals surface area contributed by atoms with Crippen LogP contribution in [0.5, 0.6) is 11.5 Å². The number of nitrogens with zero attached hydrogens (tertiary/aromatic N) is 2. The number of hydrogen-bond donors (Lipinski definition) is 0. The molecule has 4 rings (SSSR count). The predicted octanol–water partition coefficient (Wildman–Crippen LogP) is 4.64. The van der Waals surface area contributed by atoms with Crippen molar-refractivity contribution in [3.8, 4) is 11.5 Å². The van der Waals surface area contributed by atoms with Gasteiger partial charge in [-0.25, -0.2) is 4.39 Å². The summed E-state index contributed by atoms with van der Waals surface area (Å²) in [6, 6.07) is 20.6. The van der Waals surface area contributed by atoms with Crippen LogP contribution in [-0.4, -0.2) is 50.1 Å². The average Bonchev–Trinajstić information content (AvgIpc) is 2.86. The van der Waals surface area contributed by atoms with E-state index in [9.17, 15) is 9.18 Å². The third kappa shape index (κ3) is 5.39. The fourth-order valence-electron chi connectivity index (χ4n) is 4.59. The van der Waals surface area contributed by atoms with Gasteiger partial charge in [0.25, 0.3) is 0 Å². The van der Waals surface area contributed by atoms with Crippen LogP contribution >= 0.6 is 0 Å². The maximum absolute atomic E-state index is 13.5. The van der Waals surface area contributed by atoms with E-state index >= 15 is 0 Å². The van der Waals surface area contributed by atoms with Crippen LogP contribution in [0.1, 0.15) is 28.3 Å². The molecule has 0 bridgehead atoms. The minimum atomic E-state index is -0.256. The number of amides is 1. The van der Waals surface area contributed by atoms with Crippen LogP contribution in [0.2, 0.25) is 0 Å². The number of fused-ring (bicyclic) bond motifs is 1. The highest BCUT2D eigenvalue weighted by Gasteiger charge is 2.31. The second-order valence-corrected chi connectivity index (χ2v) is 8.71. The fraction of sp³-hybridized carbons (Fsp3) is 0.321. The second-order valence-electron chi connectivity index (χ2n) is 8.71. The number of halogens is 1. The SMILES string of the molecule is COc1cc2c(cc1OC)C(Cc1ccc(F)cc1)N(CC(=O)N(C)Cc1ccccc1)CC2. The lowest BCUT2D eigenvalue weighted by Gasteiger charge is -2.38. The molecule has 3 aromatic rings. The molecule has 1 amide bonds. The second kappa shape index (κ2) is 10.7. The Labute approximate surface area is 200 Å². The number of methoxy groups -OCH3 is 2. The first kappa shape index (κ1) is 23.8. The summed E-state index contributed by atoms with van der Waals surface area (Å²) in [5.41, 5.74) is 4.42. The van der Waals surface area contributed by atoms with E-state index in [0.29, 0.717) is 31.0 Å². The average molecular weight is 463 g/mol. The predicted molar refractivity (Wildman–Crippen MR) is 131 cm³/mol. The first-order valence-corrected chi connectivity index (χ1v) is 11.5. The summed E-state index contributed by atoms with van der Waals surface area (Å²) in [4.78, 5) is 17.2. The van der Waals surface area contributed by atoms with E-state index in [1.165, 1.54) is 17.7 Å². The van der Waals surface area contributed by atoms with Gasteiger partial charge in [-0.15, -0.1) is 0 Å². The van der Waals surface area contributed by atoms with Crippen LogP contribution in [0.3, 0.4) is 0 Å². The minimum absolute atomic E-state index is 0.0388. The zero-order chi connectivity index (χ0) is 24.1. The third-order valence-electron chi connectivity index (χ3n) is 6.48. The molecule has 34 heavy (non-hydrogen) atoms. The number of hydrogen-bond acceptors (Lipinski definition) is 4. The quantitative estimate of drug-likeness (QED) is 0.489. The van der Waals surface area contributed by atoms with E-state index < -0.39 is 0 Å². The van der Waals surface area contributed by atoms with Crippen molar-refractivity contribution >= 4 is 5.91 Å². The summed E-state index contributed by atoms with van der Waals surface area (Å²) in [5, 5.41) is 0. The van der Waals surface area contributed by atoms with Gasteiger partial charge in [-0.05, 0) is 59.4 Å². The van der Waals surface area contributed by atoms with E-state index in [1.54, 1.807) is 19.1 Å².